The molecule has 0 aliphatic carbocycles. The summed E-state index contributed by atoms with van der Waals surface area (Å²) in [7, 11) is 1.54. The van der Waals surface area contributed by atoms with E-state index in [9.17, 15) is 9.59 Å². The number of primary amides is 2. The van der Waals surface area contributed by atoms with Crippen molar-refractivity contribution in [1.82, 2.24) is 9.78 Å². The van der Waals surface area contributed by atoms with Crippen molar-refractivity contribution in [2.45, 2.75) is 45.3 Å². The van der Waals surface area contributed by atoms with E-state index < -0.39 is 23.0 Å². The van der Waals surface area contributed by atoms with Gasteiger partial charge in [0.1, 0.15) is 11.6 Å². The molecule has 10 heteroatoms. The van der Waals surface area contributed by atoms with Crippen LogP contribution in [0.4, 0.5) is 0 Å². The number of carbonyl (C=O) groups excluding carboxylic acids is 2. The molecule has 1 aliphatic rings. The highest BCUT2D eigenvalue weighted by atomic mass is 32.1. The summed E-state index contributed by atoms with van der Waals surface area (Å²) in [6.07, 6.45) is 2.06. The van der Waals surface area contributed by atoms with Crippen molar-refractivity contribution in [3.05, 3.63) is 27.9 Å². The standard InChI is InChI=1S/C19H26N4O5S/c1-18(2)8-10-12(15(20)24)17(29-14(10)19(3,4)28-18)23-9-11(27-7-6-26-5)13(22-23)16(21)25/h9H,6-8H2,1-5H3,(H2,20,24)(H2,21,25). The van der Waals surface area contributed by atoms with Crippen molar-refractivity contribution in [2.24, 2.45) is 11.5 Å². The van der Waals surface area contributed by atoms with Crippen LogP contribution in [-0.2, 0) is 21.5 Å². The fourth-order valence-electron chi connectivity index (χ4n) is 3.69. The van der Waals surface area contributed by atoms with Crippen molar-refractivity contribution in [3.8, 4) is 10.8 Å². The molecule has 0 atom stereocenters. The Morgan fingerprint density at radius 1 is 1.24 bits per heavy atom. The lowest BCUT2D eigenvalue weighted by Gasteiger charge is -2.41. The topological polar surface area (TPSA) is 132 Å². The summed E-state index contributed by atoms with van der Waals surface area (Å²) in [5.41, 5.74) is 11.3. The highest BCUT2D eigenvalue weighted by Gasteiger charge is 2.43. The average molecular weight is 423 g/mol. The lowest BCUT2D eigenvalue weighted by Crippen LogP contribution is -2.42. The Labute approximate surface area is 172 Å². The molecule has 4 N–H and O–H groups in total. The molecule has 0 aromatic carbocycles. The molecule has 0 saturated heterocycles. The number of thiophene rings is 1. The van der Waals surface area contributed by atoms with E-state index in [-0.39, 0.29) is 18.1 Å². The van der Waals surface area contributed by atoms with Crippen LogP contribution in [0.2, 0.25) is 0 Å². The van der Waals surface area contributed by atoms with E-state index in [0.29, 0.717) is 23.6 Å². The van der Waals surface area contributed by atoms with E-state index >= 15 is 0 Å². The second kappa shape index (κ2) is 7.43. The van der Waals surface area contributed by atoms with E-state index in [1.807, 2.05) is 27.7 Å². The van der Waals surface area contributed by atoms with Crippen LogP contribution in [0, 0.1) is 0 Å². The summed E-state index contributed by atoms with van der Waals surface area (Å²) in [6, 6.07) is 0. The maximum atomic E-state index is 12.4. The predicted octanol–water partition coefficient (Wildman–Crippen LogP) is 1.74. The van der Waals surface area contributed by atoms with E-state index in [4.69, 9.17) is 25.7 Å². The SMILES string of the molecule is COCCOc1cn(-c2sc3c(c2C(N)=O)CC(C)(C)OC3(C)C)nc1C(N)=O. The zero-order valence-corrected chi connectivity index (χ0v) is 18.0. The number of nitrogens with zero attached hydrogens (tertiary/aromatic N) is 2. The van der Waals surface area contributed by atoms with Gasteiger partial charge in [-0.15, -0.1) is 11.3 Å². The second-order valence-corrected chi connectivity index (χ2v) is 8.99. The van der Waals surface area contributed by atoms with Crippen LogP contribution in [0.1, 0.15) is 59.0 Å². The molecule has 29 heavy (non-hydrogen) atoms. The van der Waals surface area contributed by atoms with Gasteiger partial charge in [0, 0.05) is 18.4 Å². The van der Waals surface area contributed by atoms with Crippen molar-refractivity contribution < 1.29 is 23.8 Å². The lowest BCUT2D eigenvalue weighted by atomic mass is 9.86. The summed E-state index contributed by atoms with van der Waals surface area (Å²) in [4.78, 5) is 25.1. The third-order valence-corrected chi connectivity index (χ3v) is 6.11. The van der Waals surface area contributed by atoms with Crippen molar-refractivity contribution in [1.29, 1.82) is 0 Å². The number of methoxy groups -OCH3 is 1. The second-order valence-electron chi connectivity index (χ2n) is 8.00. The molecule has 158 valence electrons. The minimum atomic E-state index is -0.733. The first-order valence-corrected chi connectivity index (χ1v) is 9.96. The first-order chi connectivity index (χ1) is 13.5. The van der Waals surface area contributed by atoms with Crippen LogP contribution in [0.5, 0.6) is 5.75 Å². The highest BCUT2D eigenvalue weighted by molar-refractivity contribution is 7.15. The summed E-state index contributed by atoms with van der Waals surface area (Å²) < 4.78 is 18.2. The molecular formula is C19H26N4O5S. The smallest absolute Gasteiger partial charge is 0.273 e. The predicted molar refractivity (Wildman–Crippen MR) is 108 cm³/mol. The number of rotatable bonds is 7. The number of ether oxygens (including phenoxy) is 3. The Balaban J connectivity index is 2.15. The molecule has 2 amide bonds. The maximum Gasteiger partial charge on any atom is 0.273 e. The Morgan fingerprint density at radius 2 is 1.93 bits per heavy atom. The zero-order chi connectivity index (χ0) is 21.6. The third-order valence-electron chi connectivity index (χ3n) is 4.58. The van der Waals surface area contributed by atoms with Gasteiger partial charge in [0.05, 0.1) is 29.6 Å². The Kier molecular flexibility index (Phi) is 5.46. The molecule has 2 aromatic rings. The van der Waals surface area contributed by atoms with E-state index in [1.165, 1.54) is 22.2 Å². The number of hydrogen-bond donors (Lipinski definition) is 2. The first-order valence-electron chi connectivity index (χ1n) is 9.14. The quantitative estimate of drug-likeness (QED) is 0.653. The molecule has 0 radical (unpaired) electrons. The van der Waals surface area contributed by atoms with Crippen LogP contribution < -0.4 is 16.2 Å². The third kappa shape index (κ3) is 4.00. The van der Waals surface area contributed by atoms with Crippen LogP contribution >= 0.6 is 11.3 Å². The van der Waals surface area contributed by atoms with Gasteiger partial charge in [-0.3, -0.25) is 9.59 Å². The number of amides is 2. The van der Waals surface area contributed by atoms with Gasteiger partial charge < -0.3 is 25.7 Å². The molecule has 3 rings (SSSR count). The van der Waals surface area contributed by atoms with Gasteiger partial charge in [0.25, 0.3) is 11.8 Å². The van der Waals surface area contributed by atoms with E-state index in [2.05, 4.69) is 5.10 Å². The molecule has 0 bridgehead atoms. The summed E-state index contributed by atoms with van der Waals surface area (Å²) in [5, 5.41) is 4.77. The lowest BCUT2D eigenvalue weighted by molar-refractivity contribution is -0.135. The first kappa shape index (κ1) is 21.3. The minimum Gasteiger partial charge on any atom is -0.487 e. The van der Waals surface area contributed by atoms with E-state index in [0.717, 1.165) is 10.4 Å². The van der Waals surface area contributed by atoms with Gasteiger partial charge in [0.15, 0.2) is 11.4 Å². The molecule has 3 heterocycles. The van der Waals surface area contributed by atoms with Crippen LogP contribution in [0.3, 0.4) is 0 Å². The highest BCUT2D eigenvalue weighted by Crippen LogP contribution is 2.47. The Morgan fingerprint density at radius 3 is 2.52 bits per heavy atom. The number of carbonyl (C=O) groups is 2. The zero-order valence-electron chi connectivity index (χ0n) is 17.2. The normalized spacial score (nSPS) is 17.0. The van der Waals surface area contributed by atoms with Gasteiger partial charge in [-0.2, -0.15) is 5.10 Å². The molecule has 1 aliphatic heterocycles. The summed E-state index contributed by atoms with van der Waals surface area (Å²) in [5.74, 6) is -1.08. The molecule has 0 unspecified atom stereocenters. The monoisotopic (exact) mass is 422 g/mol. The van der Waals surface area contributed by atoms with Crippen LogP contribution in [0.15, 0.2) is 6.20 Å². The van der Waals surface area contributed by atoms with Gasteiger partial charge in [-0.1, -0.05) is 0 Å². The molecular weight excluding hydrogens is 396 g/mol. The molecule has 2 aromatic heterocycles. The van der Waals surface area contributed by atoms with Crippen molar-refractivity contribution >= 4 is 23.2 Å². The van der Waals surface area contributed by atoms with Gasteiger partial charge >= 0.3 is 0 Å². The average Bonchev–Trinajstić information content (AvgIpc) is 3.15. The largest absolute Gasteiger partial charge is 0.487 e. The van der Waals surface area contributed by atoms with Crippen LogP contribution in [-0.4, -0.2) is 47.5 Å². The number of hydrogen-bond acceptors (Lipinski definition) is 7. The van der Waals surface area contributed by atoms with Crippen molar-refractivity contribution in [2.75, 3.05) is 20.3 Å². The van der Waals surface area contributed by atoms with Crippen LogP contribution in [0.25, 0.3) is 5.00 Å². The Hall–Kier alpha value is -2.43. The number of nitrogens with two attached hydrogens (primary N) is 2. The fourth-order valence-corrected chi connectivity index (χ4v) is 4.99. The fraction of sp³-hybridized carbons (Fsp3) is 0.526. The minimum absolute atomic E-state index is 0.0289. The maximum absolute atomic E-state index is 12.4. The molecule has 0 spiro atoms. The number of fused-ring (bicyclic) bond motifs is 1. The molecule has 0 fully saturated rings. The molecule has 9 nitrogen and oxygen atoms in total. The molecule has 0 saturated carbocycles. The van der Waals surface area contributed by atoms with Gasteiger partial charge in [0.2, 0.25) is 0 Å². The summed E-state index contributed by atoms with van der Waals surface area (Å²) in [6.45, 7) is 8.41. The van der Waals surface area contributed by atoms with Crippen molar-refractivity contribution in [3.63, 3.8) is 0 Å². The Bertz CT molecular complexity index is 960. The van der Waals surface area contributed by atoms with E-state index in [1.54, 1.807) is 7.11 Å². The summed E-state index contributed by atoms with van der Waals surface area (Å²) >= 11 is 1.36. The van der Waals surface area contributed by atoms with Gasteiger partial charge in [-0.25, -0.2) is 4.68 Å². The van der Waals surface area contributed by atoms with Gasteiger partial charge in [-0.05, 0) is 33.3 Å². The number of aromatic nitrogens is 2.